The van der Waals surface area contributed by atoms with Crippen molar-refractivity contribution in [1.29, 1.82) is 0 Å². The van der Waals surface area contributed by atoms with Crippen molar-refractivity contribution in [1.82, 2.24) is 15.0 Å². The van der Waals surface area contributed by atoms with Crippen molar-refractivity contribution in [3.8, 4) is 17.1 Å². The first kappa shape index (κ1) is 16.3. The van der Waals surface area contributed by atoms with Gasteiger partial charge in [0.1, 0.15) is 6.10 Å². The molecule has 6 rings (SSSR count). The van der Waals surface area contributed by atoms with E-state index in [1.54, 1.807) is 12.1 Å². The standard InChI is InChI=1S/C18H15N2O.C12H10N.Ir/c1-11-6-9-16(19-10-11)15-5-3-4-13-14-8-7-12(2)20-18(14)21-17(13)15;1-10-7-8-12(13-9-10)11-5-3-2-4-6-11;/h3-4,6-10,13,17H,1-2H3;2-5,7-9H,1H3;/q2*-1;/i1D3,2D3,6D,9D;;. The zero-order valence-corrected chi connectivity index (χ0v) is 21.1. The van der Waals surface area contributed by atoms with Crippen LogP contribution in [0.15, 0.2) is 85.2 Å². The fourth-order valence-corrected chi connectivity index (χ4v) is 3.76. The van der Waals surface area contributed by atoms with Crippen LogP contribution < -0.4 is 4.74 Å². The Morgan fingerprint density at radius 3 is 2.63 bits per heavy atom. The van der Waals surface area contributed by atoms with E-state index in [0.717, 1.165) is 17.5 Å². The number of allylic oxidation sites excluding steroid dienone is 2. The SMILES string of the molecule is Cc1ccc(-c2[c-]cccc2)nc1.[2H]c1c(C([2H])([2H])[2H])cnc(C2=[C-]C=CC3c4ccc(C([2H])([2H])[2H])nc4OC23)c1[2H].[Ir]. The predicted molar refractivity (Wildman–Crippen MR) is 134 cm³/mol. The molecule has 4 nitrogen and oxygen atoms in total. The molecule has 0 N–H and O–H groups in total. The van der Waals surface area contributed by atoms with E-state index in [-0.39, 0.29) is 54.9 Å². The largest absolute Gasteiger partial charge is 0.472 e. The minimum absolute atomic E-state index is 0. The van der Waals surface area contributed by atoms with E-state index in [9.17, 15) is 0 Å². The van der Waals surface area contributed by atoms with E-state index < -0.39 is 25.9 Å². The molecule has 0 spiro atoms. The second-order valence-corrected chi connectivity index (χ2v) is 7.84. The summed E-state index contributed by atoms with van der Waals surface area (Å²) in [5.74, 6) is -0.0895. The molecule has 177 valence electrons. The van der Waals surface area contributed by atoms with Gasteiger partial charge >= 0.3 is 0 Å². The van der Waals surface area contributed by atoms with Gasteiger partial charge in [-0.25, -0.2) is 4.98 Å². The van der Waals surface area contributed by atoms with Gasteiger partial charge in [-0.15, -0.1) is 35.9 Å². The maximum Gasteiger partial charge on any atom is 0.216 e. The molecule has 0 amide bonds. The maximum absolute atomic E-state index is 8.25. The molecule has 1 aromatic carbocycles. The molecule has 0 saturated heterocycles. The predicted octanol–water partition coefficient (Wildman–Crippen LogP) is 6.25. The summed E-state index contributed by atoms with van der Waals surface area (Å²) in [7, 11) is 0. The summed E-state index contributed by atoms with van der Waals surface area (Å²) in [5.41, 5.74) is 4.02. The molecule has 1 radical (unpaired) electrons. The second-order valence-electron chi connectivity index (χ2n) is 7.84. The molecule has 5 heteroatoms. The molecule has 3 aromatic heterocycles. The number of benzene rings is 1. The van der Waals surface area contributed by atoms with Crippen LogP contribution in [0, 0.1) is 32.8 Å². The maximum atomic E-state index is 8.25. The third-order valence-corrected chi connectivity index (χ3v) is 5.43. The average molecular weight is 644 g/mol. The van der Waals surface area contributed by atoms with Crippen LogP contribution in [-0.4, -0.2) is 21.1 Å². The van der Waals surface area contributed by atoms with Gasteiger partial charge in [-0.1, -0.05) is 35.9 Å². The number of aryl methyl sites for hydroxylation is 3. The molecule has 4 heterocycles. The first-order valence-corrected chi connectivity index (χ1v) is 10.7. The number of aromatic nitrogens is 3. The smallest absolute Gasteiger partial charge is 0.216 e. The van der Waals surface area contributed by atoms with Crippen LogP contribution in [0.5, 0.6) is 5.88 Å². The molecule has 0 fully saturated rings. The van der Waals surface area contributed by atoms with Crippen LogP contribution in [0.1, 0.15) is 45.0 Å². The number of fused-ring (bicyclic) bond motifs is 3. The number of hydrogen-bond donors (Lipinski definition) is 0. The number of pyridine rings is 3. The monoisotopic (exact) mass is 644 g/mol. The van der Waals surface area contributed by atoms with Gasteiger partial charge in [0, 0.05) is 57.9 Å². The Morgan fingerprint density at radius 1 is 0.971 bits per heavy atom. The normalized spacial score (nSPS) is 21.1. The van der Waals surface area contributed by atoms with Crippen LogP contribution >= 0.6 is 0 Å². The van der Waals surface area contributed by atoms with Crippen LogP contribution in [0.4, 0.5) is 0 Å². The fourth-order valence-electron chi connectivity index (χ4n) is 3.76. The molecule has 0 bridgehead atoms. The molecule has 4 aromatic rings. The number of hydrogen-bond acceptors (Lipinski definition) is 4. The summed E-state index contributed by atoms with van der Waals surface area (Å²) in [6.45, 7) is -2.87. The van der Waals surface area contributed by atoms with Crippen LogP contribution in [0.3, 0.4) is 0 Å². The van der Waals surface area contributed by atoms with Gasteiger partial charge in [-0.05, 0) is 49.2 Å². The summed E-state index contributed by atoms with van der Waals surface area (Å²) in [5, 5.41) is 0. The van der Waals surface area contributed by atoms with Crippen LogP contribution in [0.2, 0.25) is 0 Å². The number of ether oxygens (including phenoxy) is 1. The Bertz CT molecular complexity index is 1670. The summed E-state index contributed by atoms with van der Waals surface area (Å²) in [6.07, 6.45) is 8.76. The van der Waals surface area contributed by atoms with Crippen molar-refractivity contribution in [2.45, 2.75) is 32.6 Å². The van der Waals surface area contributed by atoms with Gasteiger partial charge in [0.05, 0.1) is 2.74 Å². The van der Waals surface area contributed by atoms with Gasteiger partial charge in [0.15, 0.2) is 0 Å². The molecular formula is C30H25IrN3O-2. The first-order valence-electron chi connectivity index (χ1n) is 14.7. The summed E-state index contributed by atoms with van der Waals surface area (Å²) in [4.78, 5) is 12.6. The van der Waals surface area contributed by atoms with Crippen LogP contribution in [-0.2, 0) is 20.1 Å². The summed E-state index contributed by atoms with van der Waals surface area (Å²) in [6, 6.07) is 17.4. The minimum atomic E-state index is -2.54. The van der Waals surface area contributed by atoms with Gasteiger partial charge in [-0.3, -0.25) is 0 Å². The topological polar surface area (TPSA) is 47.9 Å². The van der Waals surface area contributed by atoms with E-state index >= 15 is 0 Å². The third-order valence-electron chi connectivity index (χ3n) is 5.43. The molecule has 2 atom stereocenters. The van der Waals surface area contributed by atoms with Crippen molar-refractivity contribution in [3.05, 3.63) is 125 Å². The number of nitrogens with zero attached hydrogens (tertiary/aromatic N) is 3. The quantitative estimate of drug-likeness (QED) is 0.243. The molecule has 0 saturated carbocycles. The molecule has 2 aliphatic rings. The minimum Gasteiger partial charge on any atom is -0.472 e. The van der Waals surface area contributed by atoms with Gasteiger partial charge in [0.2, 0.25) is 5.88 Å². The zero-order chi connectivity index (χ0) is 30.2. The molecule has 1 aliphatic carbocycles. The van der Waals surface area contributed by atoms with Gasteiger partial charge in [-0.2, -0.15) is 18.2 Å². The fraction of sp³-hybridized carbons (Fsp3) is 0.167. The Balaban J connectivity index is 0.000000253. The molecule has 2 unspecified atom stereocenters. The van der Waals surface area contributed by atoms with E-state index in [1.807, 2.05) is 49.5 Å². The summed E-state index contributed by atoms with van der Waals surface area (Å²) < 4.78 is 67.2. The van der Waals surface area contributed by atoms with Gasteiger partial charge in [0.25, 0.3) is 0 Å². The average Bonchev–Trinajstić information content (AvgIpc) is 3.33. The second kappa shape index (κ2) is 10.9. The van der Waals surface area contributed by atoms with E-state index in [2.05, 4.69) is 33.2 Å². The third kappa shape index (κ3) is 5.48. The van der Waals surface area contributed by atoms with Crippen molar-refractivity contribution in [2.24, 2.45) is 0 Å². The van der Waals surface area contributed by atoms with Crippen molar-refractivity contribution >= 4 is 5.57 Å². The van der Waals surface area contributed by atoms with Crippen molar-refractivity contribution in [2.75, 3.05) is 0 Å². The molecule has 35 heavy (non-hydrogen) atoms. The Labute approximate surface area is 231 Å². The Morgan fingerprint density at radius 2 is 1.86 bits per heavy atom. The zero-order valence-electron chi connectivity index (χ0n) is 26.7. The molecule has 1 aliphatic heterocycles. The Hall–Kier alpha value is -3.40. The first-order chi connectivity index (χ1) is 19.8. The van der Waals surface area contributed by atoms with E-state index in [4.69, 9.17) is 15.7 Å². The van der Waals surface area contributed by atoms with Crippen molar-refractivity contribution < 1.29 is 35.8 Å². The van der Waals surface area contributed by atoms with E-state index in [0.29, 0.717) is 11.1 Å². The van der Waals surface area contributed by atoms with E-state index in [1.165, 1.54) is 11.6 Å². The molecular weight excluding hydrogens is 611 g/mol. The van der Waals surface area contributed by atoms with Gasteiger partial charge < -0.3 is 14.7 Å². The van der Waals surface area contributed by atoms with Crippen molar-refractivity contribution in [3.63, 3.8) is 0 Å². The summed E-state index contributed by atoms with van der Waals surface area (Å²) >= 11 is 0. The number of rotatable bonds is 2. The van der Waals surface area contributed by atoms with Crippen LogP contribution in [0.25, 0.3) is 16.8 Å². The Kier molecular flexibility index (Phi) is 5.08.